The molecule has 4 aromatic heterocycles. The van der Waals surface area contributed by atoms with Gasteiger partial charge in [-0.25, -0.2) is 14.4 Å². The second-order valence-corrected chi connectivity index (χ2v) is 10.3. The van der Waals surface area contributed by atoms with E-state index in [1.807, 2.05) is 25.1 Å². The number of nitrogens with one attached hydrogen (secondary N) is 3. The van der Waals surface area contributed by atoms with Gasteiger partial charge in [0, 0.05) is 23.9 Å². The van der Waals surface area contributed by atoms with Crippen molar-refractivity contribution in [3.8, 4) is 22.6 Å². The van der Waals surface area contributed by atoms with E-state index in [4.69, 9.17) is 9.97 Å². The van der Waals surface area contributed by atoms with Gasteiger partial charge in [-0.1, -0.05) is 49.8 Å². The van der Waals surface area contributed by atoms with E-state index in [1.165, 1.54) is 31.7 Å². The summed E-state index contributed by atoms with van der Waals surface area (Å²) in [6.07, 6.45) is 14.8. The minimum Gasteiger partial charge on any atom is -0.335 e. The first kappa shape index (κ1) is 25.8. The highest BCUT2D eigenvalue weighted by molar-refractivity contribution is 5.95. The molecule has 0 bridgehead atoms. The first-order valence-corrected chi connectivity index (χ1v) is 13.8. The first-order chi connectivity index (χ1) is 19.6. The third-order valence-corrected chi connectivity index (χ3v) is 7.64. The molecule has 0 amide bonds. The fraction of sp³-hybridized carbons (Fsp3) is 0.250. The molecule has 0 aliphatic heterocycles. The van der Waals surface area contributed by atoms with Crippen molar-refractivity contribution in [3.05, 3.63) is 90.7 Å². The number of imidazole rings is 1. The maximum atomic E-state index is 14.6. The Kier molecular flexibility index (Phi) is 7.33. The minimum absolute atomic E-state index is 0.322. The van der Waals surface area contributed by atoms with Crippen LogP contribution in [0.5, 0.6) is 0 Å². The van der Waals surface area contributed by atoms with Gasteiger partial charge in [0.1, 0.15) is 16.9 Å². The Morgan fingerprint density at radius 3 is 2.70 bits per heavy atom. The number of nitrogens with zero attached hydrogens (tertiary/aromatic N) is 4. The van der Waals surface area contributed by atoms with E-state index in [1.54, 1.807) is 30.6 Å². The van der Waals surface area contributed by atoms with Crippen molar-refractivity contribution in [1.29, 1.82) is 0 Å². The maximum Gasteiger partial charge on any atom is 0.161 e. The van der Waals surface area contributed by atoms with Crippen molar-refractivity contribution in [1.82, 2.24) is 35.5 Å². The van der Waals surface area contributed by atoms with Crippen molar-refractivity contribution in [2.45, 2.75) is 32.6 Å². The zero-order valence-electron chi connectivity index (χ0n) is 22.5. The number of H-pyrrole nitrogens is 2. The smallest absolute Gasteiger partial charge is 0.161 e. The maximum absolute atomic E-state index is 14.6. The number of allylic oxidation sites excluding steroid dienone is 3. The summed E-state index contributed by atoms with van der Waals surface area (Å²) in [5.74, 6) is 1.00. The summed E-state index contributed by atoms with van der Waals surface area (Å²) in [5, 5.41) is 11.2. The molecule has 0 atom stereocenters. The lowest BCUT2D eigenvalue weighted by molar-refractivity contribution is 0.503. The van der Waals surface area contributed by atoms with Crippen LogP contribution >= 0.6 is 0 Å². The van der Waals surface area contributed by atoms with E-state index in [2.05, 4.69) is 44.2 Å². The van der Waals surface area contributed by atoms with Crippen LogP contribution in [0.3, 0.4) is 0 Å². The Bertz CT molecular complexity index is 1740. The summed E-state index contributed by atoms with van der Waals surface area (Å²) in [6, 6.07) is 10.6. The lowest BCUT2D eigenvalue weighted by Gasteiger charge is -2.11. The number of fused-ring (bicyclic) bond motifs is 2. The molecule has 8 heteroatoms. The van der Waals surface area contributed by atoms with E-state index in [0.717, 1.165) is 41.4 Å². The molecule has 202 valence electrons. The molecule has 0 saturated heterocycles. The summed E-state index contributed by atoms with van der Waals surface area (Å²) in [4.78, 5) is 17.4. The lowest BCUT2D eigenvalue weighted by Crippen LogP contribution is -2.23. The van der Waals surface area contributed by atoms with E-state index < -0.39 is 0 Å². The molecule has 5 aromatic rings. The summed E-state index contributed by atoms with van der Waals surface area (Å²) in [7, 11) is 0. The number of benzene rings is 1. The van der Waals surface area contributed by atoms with Gasteiger partial charge in [-0.2, -0.15) is 5.10 Å². The quantitative estimate of drug-likeness (QED) is 0.177. The highest BCUT2D eigenvalue weighted by Gasteiger charge is 2.18. The van der Waals surface area contributed by atoms with Gasteiger partial charge in [-0.05, 0) is 67.6 Å². The van der Waals surface area contributed by atoms with Crippen molar-refractivity contribution in [3.63, 3.8) is 0 Å². The third-order valence-electron chi connectivity index (χ3n) is 7.64. The van der Waals surface area contributed by atoms with Gasteiger partial charge >= 0.3 is 0 Å². The predicted octanol–water partition coefficient (Wildman–Crippen LogP) is 7.00. The average molecular weight is 534 g/mol. The van der Waals surface area contributed by atoms with Gasteiger partial charge in [0.25, 0.3) is 0 Å². The SMILES string of the molecule is C=C/C(=C\C(=C/C)c1ccc2[nH]nc(-c3nc4c(-c5ccccc5F)cncc4[nH]3)c2n1)CNCC1CCCC1. The predicted molar refractivity (Wildman–Crippen MR) is 159 cm³/mol. The van der Waals surface area contributed by atoms with E-state index in [0.29, 0.717) is 39.2 Å². The topological polar surface area (TPSA) is 95.2 Å². The van der Waals surface area contributed by atoms with E-state index >= 15 is 0 Å². The van der Waals surface area contributed by atoms with E-state index in [-0.39, 0.29) is 5.82 Å². The Labute approximate surface area is 232 Å². The fourth-order valence-corrected chi connectivity index (χ4v) is 5.47. The highest BCUT2D eigenvalue weighted by Crippen LogP contribution is 2.32. The molecule has 1 aliphatic rings. The molecule has 1 saturated carbocycles. The summed E-state index contributed by atoms with van der Waals surface area (Å²) >= 11 is 0. The summed E-state index contributed by atoms with van der Waals surface area (Å²) in [5.41, 5.74) is 7.43. The molecule has 4 heterocycles. The van der Waals surface area contributed by atoms with Gasteiger partial charge < -0.3 is 10.3 Å². The van der Waals surface area contributed by atoms with Crippen LogP contribution in [0.15, 0.2) is 79.2 Å². The van der Waals surface area contributed by atoms with Gasteiger partial charge in [-0.15, -0.1) is 0 Å². The van der Waals surface area contributed by atoms with Gasteiger partial charge in [-0.3, -0.25) is 10.1 Å². The Morgan fingerprint density at radius 2 is 1.90 bits per heavy atom. The molecular formula is C32H32FN7. The highest BCUT2D eigenvalue weighted by atomic mass is 19.1. The van der Waals surface area contributed by atoms with Gasteiger partial charge in [0.15, 0.2) is 11.5 Å². The Morgan fingerprint density at radius 1 is 1.05 bits per heavy atom. The zero-order valence-corrected chi connectivity index (χ0v) is 22.5. The molecule has 1 aliphatic carbocycles. The van der Waals surface area contributed by atoms with Gasteiger partial charge in [0.05, 0.1) is 22.9 Å². The van der Waals surface area contributed by atoms with Crippen molar-refractivity contribution < 1.29 is 4.39 Å². The van der Waals surface area contributed by atoms with Gasteiger partial charge in [0.2, 0.25) is 0 Å². The molecule has 1 fully saturated rings. The number of hydrogen-bond donors (Lipinski definition) is 3. The summed E-state index contributed by atoms with van der Waals surface area (Å²) in [6.45, 7) is 7.86. The van der Waals surface area contributed by atoms with Crippen LogP contribution in [0.1, 0.15) is 38.3 Å². The van der Waals surface area contributed by atoms with Crippen LogP contribution in [0.2, 0.25) is 0 Å². The van der Waals surface area contributed by atoms with Crippen LogP contribution in [0, 0.1) is 11.7 Å². The molecule has 0 unspecified atom stereocenters. The second kappa shape index (κ2) is 11.4. The second-order valence-electron chi connectivity index (χ2n) is 10.3. The molecular weight excluding hydrogens is 501 g/mol. The number of aromatic nitrogens is 6. The Balaban J connectivity index is 1.32. The minimum atomic E-state index is -0.322. The van der Waals surface area contributed by atoms with E-state index in [9.17, 15) is 4.39 Å². The number of aromatic amines is 2. The fourth-order valence-electron chi connectivity index (χ4n) is 5.47. The van der Waals surface area contributed by atoms with Crippen molar-refractivity contribution in [2.75, 3.05) is 13.1 Å². The van der Waals surface area contributed by atoms with Crippen LogP contribution < -0.4 is 5.32 Å². The summed E-state index contributed by atoms with van der Waals surface area (Å²) < 4.78 is 14.6. The molecule has 6 rings (SSSR count). The average Bonchev–Trinajstić information content (AvgIpc) is 3.74. The zero-order chi connectivity index (χ0) is 27.5. The molecule has 0 spiro atoms. The van der Waals surface area contributed by atoms with Crippen molar-refractivity contribution in [2.24, 2.45) is 5.92 Å². The molecule has 7 nitrogen and oxygen atoms in total. The molecule has 3 N–H and O–H groups in total. The monoisotopic (exact) mass is 533 g/mol. The normalized spacial score (nSPS) is 14.9. The van der Waals surface area contributed by atoms with Crippen LogP contribution in [-0.4, -0.2) is 43.2 Å². The van der Waals surface area contributed by atoms with Crippen molar-refractivity contribution >= 4 is 27.6 Å². The van der Waals surface area contributed by atoms with Crippen LogP contribution in [-0.2, 0) is 0 Å². The lowest BCUT2D eigenvalue weighted by atomic mass is 10.1. The largest absolute Gasteiger partial charge is 0.335 e. The third kappa shape index (κ3) is 5.10. The first-order valence-electron chi connectivity index (χ1n) is 13.8. The van der Waals surface area contributed by atoms with Crippen LogP contribution in [0.4, 0.5) is 4.39 Å². The number of halogens is 1. The van der Waals surface area contributed by atoms with Crippen LogP contribution in [0.25, 0.3) is 50.3 Å². The standard InChI is InChI=1S/C32H32FN7/c1-3-20(16-34-17-21-9-5-6-10-21)15-22(4-2)26-13-14-27-30(36-26)31(40-39-27)32-37-28-19-35-18-24(29(28)38-32)23-11-7-8-12-25(23)33/h3-4,7-8,11-15,18-19,21,34H,1,5-6,9-10,16-17H2,2H3,(H,37,38)(H,39,40)/b20-15+,22-4+. The number of hydrogen-bond acceptors (Lipinski definition) is 5. The Hall–Kier alpha value is -4.43. The number of pyridine rings is 2. The number of rotatable bonds is 9. The molecule has 0 radical (unpaired) electrons. The molecule has 40 heavy (non-hydrogen) atoms. The molecule has 1 aromatic carbocycles.